The molecule has 0 bridgehead atoms. The van der Waals surface area contributed by atoms with E-state index in [0.29, 0.717) is 29.4 Å². The predicted octanol–water partition coefficient (Wildman–Crippen LogP) is 7.95. The van der Waals surface area contributed by atoms with Gasteiger partial charge in [-0.25, -0.2) is 0 Å². The van der Waals surface area contributed by atoms with Crippen molar-refractivity contribution < 1.29 is 14.3 Å². The number of ether oxygens (including phenoxy) is 2. The first-order valence-corrected chi connectivity index (χ1v) is 12.2. The van der Waals surface area contributed by atoms with Crippen LogP contribution in [-0.4, -0.2) is 24.6 Å². The Balaban J connectivity index is 1.79. The second-order valence-electron chi connectivity index (χ2n) is 7.83. The second-order valence-corrected chi connectivity index (χ2v) is 8.64. The Labute approximate surface area is 201 Å². The molecule has 0 saturated heterocycles. The number of pyridine rings is 1. The predicted molar refractivity (Wildman–Crippen MR) is 133 cm³/mol. The first-order valence-electron chi connectivity index (χ1n) is 11.5. The number of aromatic nitrogens is 1. The molecule has 0 aliphatic rings. The van der Waals surface area contributed by atoms with Gasteiger partial charge in [-0.3, -0.25) is 9.78 Å². The zero-order valence-electron chi connectivity index (χ0n) is 19.1. The number of anilines is 1. The molecule has 0 atom stereocenters. The highest BCUT2D eigenvalue weighted by atomic mass is 35.5. The van der Waals surface area contributed by atoms with E-state index in [-0.39, 0.29) is 16.0 Å². The molecule has 1 aromatic carbocycles. The maximum atomic E-state index is 12.7. The summed E-state index contributed by atoms with van der Waals surface area (Å²) >= 11 is 12.2. The van der Waals surface area contributed by atoms with E-state index in [1.165, 1.54) is 63.8 Å². The van der Waals surface area contributed by atoms with Gasteiger partial charge >= 0.3 is 0 Å². The second kappa shape index (κ2) is 15.0. The average Bonchev–Trinajstić information content (AvgIpc) is 2.79. The average molecular weight is 481 g/mol. The van der Waals surface area contributed by atoms with Crippen molar-refractivity contribution in [2.75, 3.05) is 19.0 Å². The van der Waals surface area contributed by atoms with Crippen molar-refractivity contribution in [2.45, 2.75) is 71.1 Å². The van der Waals surface area contributed by atoms with E-state index in [2.05, 4.69) is 17.2 Å². The Morgan fingerprint density at radius 2 is 1.50 bits per heavy atom. The lowest BCUT2D eigenvalue weighted by molar-refractivity contribution is 0.102. The fourth-order valence-corrected chi connectivity index (χ4v) is 3.88. The highest BCUT2D eigenvalue weighted by molar-refractivity contribution is 6.39. The van der Waals surface area contributed by atoms with Crippen LogP contribution in [0.3, 0.4) is 0 Å². The molecule has 0 radical (unpaired) electrons. The van der Waals surface area contributed by atoms with Crippen LogP contribution in [0.15, 0.2) is 30.6 Å². The van der Waals surface area contributed by atoms with Gasteiger partial charge in [-0.15, -0.1) is 0 Å². The fourth-order valence-electron chi connectivity index (χ4n) is 3.42. The zero-order chi connectivity index (χ0) is 23.2. The third-order valence-corrected chi connectivity index (χ3v) is 5.85. The fraction of sp³-hybridized carbons (Fsp3) is 0.520. The Morgan fingerprint density at radius 1 is 0.906 bits per heavy atom. The lowest BCUT2D eigenvalue weighted by Gasteiger charge is -2.13. The summed E-state index contributed by atoms with van der Waals surface area (Å²) in [5.74, 6) is 0.794. The van der Waals surface area contributed by atoms with Crippen molar-refractivity contribution in [2.24, 2.45) is 0 Å². The van der Waals surface area contributed by atoms with Crippen LogP contribution < -0.4 is 14.8 Å². The van der Waals surface area contributed by atoms with Crippen molar-refractivity contribution >= 4 is 34.8 Å². The van der Waals surface area contributed by atoms with Gasteiger partial charge in [0.1, 0.15) is 0 Å². The summed E-state index contributed by atoms with van der Waals surface area (Å²) in [5, 5.41) is 3.28. The summed E-state index contributed by atoms with van der Waals surface area (Å²) in [7, 11) is 1.58. The molecular formula is C25H34Cl2N2O3. The van der Waals surface area contributed by atoms with Crippen LogP contribution in [0.4, 0.5) is 5.69 Å². The molecule has 176 valence electrons. The van der Waals surface area contributed by atoms with E-state index in [1.54, 1.807) is 25.3 Å². The van der Waals surface area contributed by atoms with Gasteiger partial charge in [0.05, 0.1) is 29.4 Å². The molecule has 32 heavy (non-hydrogen) atoms. The largest absolute Gasteiger partial charge is 0.493 e. The molecule has 2 aromatic rings. The quantitative estimate of drug-likeness (QED) is 0.262. The summed E-state index contributed by atoms with van der Waals surface area (Å²) in [6, 6.07) is 5.07. The van der Waals surface area contributed by atoms with Crippen LogP contribution in [-0.2, 0) is 0 Å². The summed E-state index contributed by atoms with van der Waals surface area (Å²) in [5.41, 5.74) is 0.754. The lowest BCUT2D eigenvalue weighted by Crippen LogP contribution is -2.13. The molecule has 1 amide bonds. The summed E-state index contributed by atoms with van der Waals surface area (Å²) in [6.45, 7) is 2.83. The lowest BCUT2D eigenvalue weighted by atomic mass is 10.1. The number of carbonyl (C=O) groups is 1. The normalized spacial score (nSPS) is 10.8. The van der Waals surface area contributed by atoms with Gasteiger partial charge in [0.2, 0.25) is 0 Å². The standard InChI is InChI=1S/C25H34Cl2N2O3/c1-3-4-5-6-7-8-9-10-11-12-15-32-23-16-19(13-14-22(23)31-2)25(30)29-24-20(26)17-28-18-21(24)27/h13-14,16-18H,3-12,15H2,1-2H3,(H,28,29,30). The van der Waals surface area contributed by atoms with Crippen molar-refractivity contribution in [3.8, 4) is 11.5 Å². The number of halogens is 2. The molecule has 0 saturated carbocycles. The smallest absolute Gasteiger partial charge is 0.255 e. The third-order valence-electron chi connectivity index (χ3n) is 5.27. The number of carbonyl (C=O) groups excluding carboxylic acids is 1. The number of hydrogen-bond acceptors (Lipinski definition) is 4. The van der Waals surface area contributed by atoms with Crippen molar-refractivity contribution in [3.63, 3.8) is 0 Å². The van der Waals surface area contributed by atoms with Gasteiger partial charge in [-0.2, -0.15) is 0 Å². The summed E-state index contributed by atoms with van der Waals surface area (Å²) < 4.78 is 11.3. The molecule has 0 unspecified atom stereocenters. The Kier molecular flexibility index (Phi) is 12.3. The minimum atomic E-state index is -0.341. The molecule has 1 heterocycles. The number of unbranched alkanes of at least 4 members (excludes halogenated alkanes) is 9. The Morgan fingerprint density at radius 3 is 2.09 bits per heavy atom. The van der Waals surface area contributed by atoms with E-state index < -0.39 is 0 Å². The number of nitrogens with zero attached hydrogens (tertiary/aromatic N) is 1. The molecule has 7 heteroatoms. The van der Waals surface area contributed by atoms with Gasteiger partial charge < -0.3 is 14.8 Å². The molecule has 1 N–H and O–H groups in total. The molecule has 0 spiro atoms. The summed E-state index contributed by atoms with van der Waals surface area (Å²) in [6.07, 6.45) is 15.5. The van der Waals surface area contributed by atoms with E-state index in [1.807, 2.05) is 0 Å². The van der Waals surface area contributed by atoms with Crippen LogP contribution in [0.1, 0.15) is 81.5 Å². The minimum Gasteiger partial charge on any atom is -0.493 e. The molecule has 2 rings (SSSR count). The van der Waals surface area contributed by atoms with Gasteiger partial charge in [0, 0.05) is 18.0 Å². The molecule has 1 aromatic heterocycles. The Bertz CT molecular complexity index is 826. The van der Waals surface area contributed by atoms with Crippen molar-refractivity contribution in [1.29, 1.82) is 0 Å². The van der Waals surface area contributed by atoms with Crippen LogP contribution in [0, 0.1) is 0 Å². The SMILES string of the molecule is CCCCCCCCCCCCOc1cc(C(=O)Nc2c(Cl)cncc2Cl)ccc1OC. The topological polar surface area (TPSA) is 60.5 Å². The van der Waals surface area contributed by atoms with E-state index in [4.69, 9.17) is 32.7 Å². The van der Waals surface area contributed by atoms with Gasteiger partial charge in [0.15, 0.2) is 11.5 Å². The van der Waals surface area contributed by atoms with Crippen LogP contribution in [0.2, 0.25) is 10.0 Å². The maximum absolute atomic E-state index is 12.7. The first-order chi connectivity index (χ1) is 15.6. The van der Waals surface area contributed by atoms with Crippen LogP contribution in [0.25, 0.3) is 0 Å². The highest BCUT2D eigenvalue weighted by Gasteiger charge is 2.15. The van der Waals surface area contributed by atoms with E-state index in [0.717, 1.165) is 12.8 Å². The van der Waals surface area contributed by atoms with Gasteiger partial charge in [-0.1, -0.05) is 87.9 Å². The first kappa shape index (κ1) is 26.3. The Hall–Kier alpha value is -1.98. The van der Waals surface area contributed by atoms with Gasteiger partial charge in [0.25, 0.3) is 5.91 Å². The number of hydrogen-bond donors (Lipinski definition) is 1. The van der Waals surface area contributed by atoms with Crippen LogP contribution >= 0.6 is 23.2 Å². The van der Waals surface area contributed by atoms with E-state index >= 15 is 0 Å². The summed E-state index contributed by atoms with van der Waals surface area (Å²) in [4.78, 5) is 16.6. The van der Waals surface area contributed by atoms with Crippen molar-refractivity contribution in [1.82, 2.24) is 4.98 Å². The molecule has 0 aliphatic carbocycles. The van der Waals surface area contributed by atoms with Crippen LogP contribution in [0.5, 0.6) is 11.5 Å². The monoisotopic (exact) mass is 480 g/mol. The number of rotatable bonds is 15. The molecular weight excluding hydrogens is 447 g/mol. The minimum absolute atomic E-state index is 0.275. The van der Waals surface area contributed by atoms with Crippen molar-refractivity contribution in [3.05, 3.63) is 46.2 Å². The number of benzene rings is 1. The van der Waals surface area contributed by atoms with Gasteiger partial charge in [-0.05, 0) is 24.6 Å². The van der Waals surface area contributed by atoms with E-state index in [9.17, 15) is 4.79 Å². The molecule has 0 fully saturated rings. The number of nitrogens with one attached hydrogen (secondary N) is 1. The highest BCUT2D eigenvalue weighted by Crippen LogP contribution is 2.31. The third kappa shape index (κ3) is 8.87. The number of amides is 1. The molecule has 0 aliphatic heterocycles. The molecule has 5 nitrogen and oxygen atoms in total. The number of methoxy groups -OCH3 is 1. The maximum Gasteiger partial charge on any atom is 0.255 e. The zero-order valence-corrected chi connectivity index (χ0v) is 20.6.